The second kappa shape index (κ2) is 3.96. The van der Waals surface area contributed by atoms with Gasteiger partial charge in [-0.25, -0.2) is 0 Å². The summed E-state index contributed by atoms with van der Waals surface area (Å²) in [4.78, 5) is 0. The molecular formula is C8H12O. The first kappa shape index (κ1) is 8.02. The Morgan fingerprint density at radius 3 is 2.33 bits per heavy atom. The zero-order valence-electron chi connectivity index (χ0n) is 5.89. The molecule has 0 aromatic rings. The van der Waals surface area contributed by atoms with Crippen molar-refractivity contribution >= 4 is 0 Å². The van der Waals surface area contributed by atoms with Crippen molar-refractivity contribution < 1.29 is 5.11 Å². The minimum absolute atomic E-state index is 0.315. The second-order valence-corrected chi connectivity index (χ2v) is 1.98. The minimum Gasteiger partial charge on any atom is -0.508 e. The molecule has 0 aromatic heterocycles. The standard InChI is InChI=1S/C8H12O/c1-4-5-6-8(9)7(2)3/h4-6,9H,1H2,2-3H3/b6-5-. The van der Waals surface area contributed by atoms with E-state index in [-0.39, 0.29) is 0 Å². The van der Waals surface area contributed by atoms with Crippen molar-refractivity contribution in [1.29, 1.82) is 0 Å². The van der Waals surface area contributed by atoms with E-state index in [2.05, 4.69) is 6.58 Å². The van der Waals surface area contributed by atoms with Gasteiger partial charge in [0.2, 0.25) is 0 Å². The number of hydrogen-bond acceptors (Lipinski definition) is 1. The van der Waals surface area contributed by atoms with E-state index in [0.29, 0.717) is 5.76 Å². The molecule has 50 valence electrons. The molecule has 0 atom stereocenters. The highest BCUT2D eigenvalue weighted by atomic mass is 16.3. The van der Waals surface area contributed by atoms with Crippen LogP contribution < -0.4 is 0 Å². The molecule has 0 rings (SSSR count). The molecule has 0 aliphatic carbocycles. The van der Waals surface area contributed by atoms with Crippen LogP contribution in [0.4, 0.5) is 0 Å². The van der Waals surface area contributed by atoms with Gasteiger partial charge in [-0.1, -0.05) is 18.7 Å². The molecule has 9 heavy (non-hydrogen) atoms. The predicted molar refractivity (Wildman–Crippen MR) is 40.3 cm³/mol. The Labute approximate surface area is 56.0 Å². The molecule has 0 heterocycles. The molecule has 1 nitrogen and oxygen atoms in total. The molecule has 1 heteroatoms. The molecule has 0 amide bonds. The van der Waals surface area contributed by atoms with Crippen LogP contribution in [0.5, 0.6) is 0 Å². The van der Waals surface area contributed by atoms with Crippen molar-refractivity contribution in [3.63, 3.8) is 0 Å². The first-order chi connectivity index (χ1) is 4.18. The average Bonchev–Trinajstić information content (AvgIpc) is 1.82. The van der Waals surface area contributed by atoms with Crippen molar-refractivity contribution in [2.45, 2.75) is 13.8 Å². The quantitative estimate of drug-likeness (QED) is 0.443. The van der Waals surface area contributed by atoms with E-state index < -0.39 is 0 Å². The smallest absolute Gasteiger partial charge is 0.114 e. The number of hydrogen-bond donors (Lipinski definition) is 1. The van der Waals surface area contributed by atoms with Gasteiger partial charge in [-0.15, -0.1) is 0 Å². The van der Waals surface area contributed by atoms with E-state index in [1.54, 1.807) is 18.2 Å². The molecule has 0 saturated carbocycles. The van der Waals surface area contributed by atoms with E-state index in [4.69, 9.17) is 5.11 Å². The fourth-order valence-corrected chi connectivity index (χ4v) is 0.326. The minimum atomic E-state index is 0.315. The van der Waals surface area contributed by atoms with Crippen molar-refractivity contribution in [1.82, 2.24) is 0 Å². The maximum absolute atomic E-state index is 9.00. The third-order valence-corrected chi connectivity index (χ3v) is 0.902. The summed E-state index contributed by atoms with van der Waals surface area (Å²) < 4.78 is 0. The Balaban J connectivity index is 4.06. The van der Waals surface area contributed by atoms with Crippen LogP contribution in [0.1, 0.15) is 13.8 Å². The summed E-state index contributed by atoms with van der Waals surface area (Å²) in [7, 11) is 0. The Morgan fingerprint density at radius 2 is 2.00 bits per heavy atom. The van der Waals surface area contributed by atoms with E-state index in [1.165, 1.54) is 0 Å². The summed E-state index contributed by atoms with van der Waals surface area (Å²) in [5.41, 5.74) is 0.910. The third kappa shape index (κ3) is 3.59. The lowest BCUT2D eigenvalue weighted by molar-refractivity contribution is 0.425. The first-order valence-corrected chi connectivity index (χ1v) is 2.84. The number of aliphatic hydroxyl groups excluding tert-OH is 1. The van der Waals surface area contributed by atoms with Crippen LogP contribution >= 0.6 is 0 Å². The summed E-state index contributed by atoms with van der Waals surface area (Å²) in [6.45, 7) is 7.17. The molecule has 0 spiro atoms. The SMILES string of the molecule is C=C/C=C\C(O)=C(C)C. The normalized spacial score (nSPS) is 9.56. The first-order valence-electron chi connectivity index (χ1n) is 2.84. The van der Waals surface area contributed by atoms with Crippen molar-refractivity contribution in [3.05, 3.63) is 36.1 Å². The van der Waals surface area contributed by atoms with Crippen molar-refractivity contribution in [2.75, 3.05) is 0 Å². The zero-order valence-corrected chi connectivity index (χ0v) is 5.89. The average molecular weight is 124 g/mol. The van der Waals surface area contributed by atoms with Gasteiger partial charge in [0.05, 0.1) is 0 Å². The summed E-state index contributed by atoms with van der Waals surface area (Å²) in [6.07, 6.45) is 4.93. The Kier molecular flexibility index (Phi) is 3.52. The highest BCUT2D eigenvalue weighted by molar-refractivity contribution is 5.18. The number of allylic oxidation sites excluding steroid dienone is 4. The van der Waals surface area contributed by atoms with E-state index >= 15 is 0 Å². The molecule has 0 aromatic carbocycles. The van der Waals surface area contributed by atoms with Crippen LogP contribution in [0.3, 0.4) is 0 Å². The molecule has 0 aliphatic heterocycles. The number of aliphatic hydroxyl groups is 1. The molecule has 1 N–H and O–H groups in total. The van der Waals surface area contributed by atoms with Crippen LogP contribution in [-0.2, 0) is 0 Å². The highest BCUT2D eigenvalue weighted by Gasteiger charge is 1.84. The topological polar surface area (TPSA) is 20.2 Å². The van der Waals surface area contributed by atoms with Gasteiger partial charge in [0.25, 0.3) is 0 Å². The summed E-state index contributed by atoms with van der Waals surface area (Å²) in [5, 5.41) is 9.00. The van der Waals surface area contributed by atoms with Gasteiger partial charge >= 0.3 is 0 Å². The Bertz CT molecular complexity index is 148. The fourth-order valence-electron chi connectivity index (χ4n) is 0.326. The van der Waals surface area contributed by atoms with Gasteiger partial charge in [-0.05, 0) is 25.5 Å². The summed E-state index contributed by atoms with van der Waals surface area (Å²) in [6, 6.07) is 0. The van der Waals surface area contributed by atoms with Gasteiger partial charge < -0.3 is 5.11 Å². The van der Waals surface area contributed by atoms with Gasteiger partial charge in [-0.2, -0.15) is 0 Å². The molecule has 0 fully saturated rings. The highest BCUT2D eigenvalue weighted by Crippen LogP contribution is 1.99. The Hall–Kier alpha value is -0.980. The van der Waals surface area contributed by atoms with Crippen molar-refractivity contribution in [2.24, 2.45) is 0 Å². The van der Waals surface area contributed by atoms with E-state index in [1.807, 2.05) is 13.8 Å². The Morgan fingerprint density at radius 1 is 1.44 bits per heavy atom. The van der Waals surface area contributed by atoms with Crippen LogP contribution in [0, 0.1) is 0 Å². The monoisotopic (exact) mass is 124 g/mol. The fraction of sp³-hybridized carbons (Fsp3) is 0.250. The molecule has 0 bridgehead atoms. The summed E-state index contributed by atoms with van der Waals surface area (Å²) >= 11 is 0. The third-order valence-electron chi connectivity index (χ3n) is 0.902. The van der Waals surface area contributed by atoms with Gasteiger partial charge in [0, 0.05) is 0 Å². The molecule has 0 unspecified atom stereocenters. The lowest BCUT2D eigenvalue weighted by Gasteiger charge is -1.91. The lowest BCUT2D eigenvalue weighted by atomic mass is 10.3. The van der Waals surface area contributed by atoms with E-state index in [9.17, 15) is 0 Å². The largest absolute Gasteiger partial charge is 0.508 e. The van der Waals surface area contributed by atoms with E-state index in [0.717, 1.165) is 5.57 Å². The molecule has 0 aliphatic rings. The van der Waals surface area contributed by atoms with Gasteiger partial charge in [0.1, 0.15) is 5.76 Å². The maximum Gasteiger partial charge on any atom is 0.114 e. The van der Waals surface area contributed by atoms with Crippen LogP contribution in [0.25, 0.3) is 0 Å². The number of rotatable bonds is 2. The lowest BCUT2D eigenvalue weighted by Crippen LogP contribution is -1.76. The second-order valence-electron chi connectivity index (χ2n) is 1.98. The predicted octanol–water partition coefficient (Wildman–Crippen LogP) is 2.58. The molecule has 0 saturated heterocycles. The van der Waals surface area contributed by atoms with Crippen LogP contribution in [0.15, 0.2) is 36.1 Å². The van der Waals surface area contributed by atoms with Crippen LogP contribution in [0.2, 0.25) is 0 Å². The molecular weight excluding hydrogens is 112 g/mol. The van der Waals surface area contributed by atoms with Gasteiger partial charge in [0.15, 0.2) is 0 Å². The summed E-state index contributed by atoms with van der Waals surface area (Å²) in [5.74, 6) is 0.315. The van der Waals surface area contributed by atoms with Gasteiger partial charge in [-0.3, -0.25) is 0 Å². The van der Waals surface area contributed by atoms with Crippen LogP contribution in [-0.4, -0.2) is 5.11 Å². The molecule has 0 radical (unpaired) electrons. The maximum atomic E-state index is 9.00. The zero-order chi connectivity index (χ0) is 7.28. The van der Waals surface area contributed by atoms with Crippen molar-refractivity contribution in [3.8, 4) is 0 Å².